The lowest BCUT2D eigenvalue weighted by Crippen LogP contribution is -2.30. The molecule has 1 aliphatic heterocycles. The third kappa shape index (κ3) is 2.22. The first-order valence-corrected chi connectivity index (χ1v) is 6.10. The third-order valence-corrected chi connectivity index (χ3v) is 3.80. The minimum atomic E-state index is -0.506. The first-order chi connectivity index (χ1) is 8.00. The summed E-state index contributed by atoms with van der Waals surface area (Å²) in [5.74, 6) is 0.867. The summed E-state index contributed by atoms with van der Waals surface area (Å²) in [6.45, 7) is 5.33. The summed E-state index contributed by atoms with van der Waals surface area (Å²) in [6.07, 6.45) is 2.62. The Balaban J connectivity index is 2.31. The first-order valence-electron chi connectivity index (χ1n) is 5.72. The van der Waals surface area contributed by atoms with Gasteiger partial charge in [0.05, 0.1) is 10.6 Å². The molecule has 2 N–H and O–H groups in total. The molecule has 0 radical (unpaired) electrons. The van der Waals surface area contributed by atoms with Crippen LogP contribution in [0.3, 0.4) is 0 Å². The molecule has 17 heavy (non-hydrogen) atoms. The summed E-state index contributed by atoms with van der Waals surface area (Å²) in [7, 11) is 0. The number of halogens is 1. The average molecular weight is 254 g/mol. The average Bonchev–Trinajstić information content (AvgIpc) is 2.60. The molecule has 0 saturated carbocycles. The Hall–Kier alpha value is -1.29. The van der Waals surface area contributed by atoms with Gasteiger partial charge < -0.3 is 10.6 Å². The zero-order valence-corrected chi connectivity index (χ0v) is 10.7. The van der Waals surface area contributed by atoms with Crippen molar-refractivity contribution in [3.63, 3.8) is 0 Å². The van der Waals surface area contributed by atoms with E-state index in [2.05, 4.69) is 23.7 Å². The minimum absolute atomic E-state index is 0.346. The normalized spacial score (nSPS) is 24.1. The highest BCUT2D eigenvalue weighted by Gasteiger charge is 2.29. The largest absolute Gasteiger partial charge is 0.366 e. The number of nitrogens with two attached hydrogens (primary N) is 1. The molecule has 1 aliphatic rings. The summed E-state index contributed by atoms with van der Waals surface area (Å²) in [4.78, 5) is 17.4. The second-order valence-electron chi connectivity index (χ2n) is 4.59. The van der Waals surface area contributed by atoms with Crippen LogP contribution in [0.1, 0.15) is 30.6 Å². The van der Waals surface area contributed by atoms with Crippen molar-refractivity contribution in [2.45, 2.75) is 26.3 Å². The van der Waals surface area contributed by atoms with Crippen molar-refractivity contribution in [3.05, 3.63) is 22.8 Å². The number of anilines is 1. The second-order valence-corrected chi connectivity index (χ2v) is 5.00. The van der Waals surface area contributed by atoms with Gasteiger partial charge in [-0.2, -0.15) is 0 Å². The highest BCUT2D eigenvalue weighted by atomic mass is 35.5. The summed E-state index contributed by atoms with van der Waals surface area (Å²) in [5.41, 5.74) is 5.53. The van der Waals surface area contributed by atoms with Gasteiger partial charge in [-0.3, -0.25) is 4.79 Å². The molecule has 2 atom stereocenters. The zero-order valence-electron chi connectivity index (χ0n) is 9.98. The Kier molecular flexibility index (Phi) is 3.24. The Labute approximate surface area is 106 Å². The van der Waals surface area contributed by atoms with Gasteiger partial charge in [-0.05, 0) is 25.3 Å². The minimum Gasteiger partial charge on any atom is -0.366 e. The van der Waals surface area contributed by atoms with Gasteiger partial charge in [-0.15, -0.1) is 0 Å². The van der Waals surface area contributed by atoms with E-state index >= 15 is 0 Å². The molecule has 4 nitrogen and oxygen atoms in total. The molecule has 5 heteroatoms. The van der Waals surface area contributed by atoms with E-state index in [9.17, 15) is 4.79 Å². The predicted octanol–water partition coefficient (Wildman–Crippen LogP) is 2.07. The van der Waals surface area contributed by atoms with Gasteiger partial charge in [0.25, 0.3) is 0 Å². The Bertz CT molecular complexity index is 449. The van der Waals surface area contributed by atoms with Crippen LogP contribution in [0.15, 0.2) is 12.3 Å². The number of carbonyl (C=O) groups excluding carboxylic acids is 1. The van der Waals surface area contributed by atoms with Gasteiger partial charge in [0.15, 0.2) is 0 Å². The molecular formula is C12H16ClN3O. The van der Waals surface area contributed by atoms with Crippen LogP contribution in [0.4, 0.5) is 5.82 Å². The number of nitrogens with zero attached hydrogens (tertiary/aromatic N) is 2. The zero-order chi connectivity index (χ0) is 12.6. The van der Waals surface area contributed by atoms with Crippen LogP contribution in [0.5, 0.6) is 0 Å². The molecular weight excluding hydrogens is 238 g/mol. The lowest BCUT2D eigenvalue weighted by molar-refractivity contribution is 0.1000. The standard InChI is InChI=1S/C12H16ClN3O/c1-7-3-4-16(8(7)2)12-10(13)5-9(6-15-12)11(14)17/h5-8H,3-4H2,1-2H3,(H2,14,17). The van der Waals surface area contributed by atoms with Crippen LogP contribution in [0, 0.1) is 5.92 Å². The van der Waals surface area contributed by atoms with E-state index in [1.54, 1.807) is 6.07 Å². The van der Waals surface area contributed by atoms with E-state index in [1.165, 1.54) is 6.20 Å². The number of hydrogen-bond acceptors (Lipinski definition) is 3. The predicted molar refractivity (Wildman–Crippen MR) is 68.4 cm³/mol. The van der Waals surface area contributed by atoms with Crippen molar-refractivity contribution in [2.24, 2.45) is 11.7 Å². The summed E-state index contributed by atoms with van der Waals surface area (Å²) in [6, 6.07) is 2.00. The molecule has 1 aromatic heterocycles. The molecule has 1 fully saturated rings. The van der Waals surface area contributed by atoms with E-state index in [-0.39, 0.29) is 0 Å². The summed E-state index contributed by atoms with van der Waals surface area (Å²) < 4.78 is 0. The smallest absolute Gasteiger partial charge is 0.250 e. The van der Waals surface area contributed by atoms with Crippen LogP contribution in [-0.2, 0) is 0 Å². The van der Waals surface area contributed by atoms with Crippen LogP contribution in [0.2, 0.25) is 5.02 Å². The van der Waals surface area contributed by atoms with Crippen molar-refractivity contribution in [3.8, 4) is 0 Å². The third-order valence-electron chi connectivity index (χ3n) is 3.52. The Morgan fingerprint density at radius 2 is 2.29 bits per heavy atom. The van der Waals surface area contributed by atoms with E-state index in [4.69, 9.17) is 17.3 Å². The first kappa shape index (κ1) is 12.2. The van der Waals surface area contributed by atoms with Gasteiger partial charge in [0, 0.05) is 18.8 Å². The van der Waals surface area contributed by atoms with Crippen molar-refractivity contribution < 1.29 is 4.79 Å². The molecule has 92 valence electrons. The molecule has 1 amide bonds. The maximum atomic E-state index is 11.0. The Morgan fingerprint density at radius 3 is 2.76 bits per heavy atom. The number of pyridine rings is 1. The van der Waals surface area contributed by atoms with E-state index in [0.29, 0.717) is 22.5 Å². The number of amides is 1. The quantitative estimate of drug-likeness (QED) is 0.878. The van der Waals surface area contributed by atoms with Crippen LogP contribution < -0.4 is 10.6 Å². The summed E-state index contributed by atoms with van der Waals surface area (Å²) in [5, 5.41) is 0.488. The fourth-order valence-corrected chi connectivity index (χ4v) is 2.45. The Morgan fingerprint density at radius 1 is 1.59 bits per heavy atom. The van der Waals surface area contributed by atoms with E-state index in [0.717, 1.165) is 18.8 Å². The number of primary amides is 1. The number of aromatic nitrogens is 1. The van der Waals surface area contributed by atoms with E-state index < -0.39 is 5.91 Å². The van der Waals surface area contributed by atoms with Crippen LogP contribution in [0.25, 0.3) is 0 Å². The van der Waals surface area contributed by atoms with Gasteiger partial charge in [-0.1, -0.05) is 18.5 Å². The molecule has 0 aromatic carbocycles. The van der Waals surface area contributed by atoms with Crippen molar-refractivity contribution in [2.75, 3.05) is 11.4 Å². The molecule has 2 unspecified atom stereocenters. The lowest BCUT2D eigenvalue weighted by atomic mass is 10.1. The monoisotopic (exact) mass is 253 g/mol. The molecule has 1 saturated heterocycles. The van der Waals surface area contributed by atoms with E-state index in [1.807, 2.05) is 0 Å². The number of rotatable bonds is 2. The molecule has 1 aromatic rings. The van der Waals surface area contributed by atoms with Crippen LogP contribution >= 0.6 is 11.6 Å². The van der Waals surface area contributed by atoms with Crippen molar-refractivity contribution in [1.29, 1.82) is 0 Å². The SMILES string of the molecule is CC1CCN(c2ncc(C(N)=O)cc2Cl)C1C. The maximum Gasteiger partial charge on any atom is 0.250 e. The fraction of sp³-hybridized carbons (Fsp3) is 0.500. The number of hydrogen-bond donors (Lipinski definition) is 1. The van der Waals surface area contributed by atoms with Gasteiger partial charge in [-0.25, -0.2) is 4.98 Å². The number of carbonyl (C=O) groups is 1. The second kappa shape index (κ2) is 4.53. The fourth-order valence-electron chi connectivity index (χ4n) is 2.17. The lowest BCUT2D eigenvalue weighted by Gasteiger charge is -2.25. The van der Waals surface area contributed by atoms with Gasteiger partial charge in [0.2, 0.25) is 5.91 Å². The van der Waals surface area contributed by atoms with Gasteiger partial charge >= 0.3 is 0 Å². The van der Waals surface area contributed by atoms with Crippen molar-refractivity contribution >= 4 is 23.3 Å². The highest BCUT2D eigenvalue weighted by Crippen LogP contribution is 2.32. The van der Waals surface area contributed by atoms with Crippen LogP contribution in [-0.4, -0.2) is 23.5 Å². The topological polar surface area (TPSA) is 59.2 Å². The maximum absolute atomic E-state index is 11.0. The van der Waals surface area contributed by atoms with Gasteiger partial charge in [0.1, 0.15) is 5.82 Å². The van der Waals surface area contributed by atoms with Crippen molar-refractivity contribution in [1.82, 2.24) is 4.98 Å². The molecule has 2 rings (SSSR count). The molecule has 0 aliphatic carbocycles. The molecule has 0 spiro atoms. The summed E-state index contributed by atoms with van der Waals surface area (Å²) >= 11 is 6.15. The molecule has 2 heterocycles. The highest BCUT2D eigenvalue weighted by molar-refractivity contribution is 6.33. The molecule has 0 bridgehead atoms.